The number of rotatable bonds is 7. The number of non-ortho nitro benzene ring substituents is 1. The number of carboxylic acids is 1. The molecule has 0 fully saturated rings. The van der Waals surface area contributed by atoms with E-state index in [-0.39, 0.29) is 25.3 Å². The van der Waals surface area contributed by atoms with Gasteiger partial charge in [-0.3, -0.25) is 19.7 Å². The Balaban J connectivity index is 1.71. The van der Waals surface area contributed by atoms with Gasteiger partial charge in [0.15, 0.2) is 11.5 Å². The Kier molecular flexibility index (Phi) is 5.20. The second kappa shape index (κ2) is 7.73. The summed E-state index contributed by atoms with van der Waals surface area (Å²) in [6.07, 6.45) is -0.329. The minimum absolute atomic E-state index is 0.0291. The van der Waals surface area contributed by atoms with Crippen LogP contribution in [-0.2, 0) is 16.0 Å². The third-order valence-corrected chi connectivity index (χ3v) is 4.02. The van der Waals surface area contributed by atoms with Crippen LogP contribution in [0.4, 0.5) is 5.69 Å². The smallest absolute Gasteiger partial charge is 0.305 e. The van der Waals surface area contributed by atoms with Crippen molar-refractivity contribution in [1.29, 1.82) is 0 Å². The largest absolute Gasteiger partial charge is 0.481 e. The van der Waals surface area contributed by atoms with E-state index in [1.807, 2.05) is 0 Å². The van der Waals surface area contributed by atoms with Gasteiger partial charge in [-0.25, -0.2) is 0 Å². The highest BCUT2D eigenvalue weighted by Crippen LogP contribution is 2.34. The van der Waals surface area contributed by atoms with Crippen molar-refractivity contribution >= 4 is 17.6 Å². The van der Waals surface area contributed by atoms with Crippen molar-refractivity contribution in [1.82, 2.24) is 5.32 Å². The van der Waals surface area contributed by atoms with Gasteiger partial charge in [0.25, 0.3) is 5.69 Å². The highest BCUT2D eigenvalue weighted by molar-refractivity contribution is 5.80. The van der Waals surface area contributed by atoms with Crippen LogP contribution in [0.1, 0.15) is 23.6 Å². The summed E-state index contributed by atoms with van der Waals surface area (Å²) in [5.41, 5.74) is 1.10. The monoisotopic (exact) mass is 372 g/mol. The molecule has 27 heavy (non-hydrogen) atoms. The number of nitro benzene ring substituents is 1. The van der Waals surface area contributed by atoms with Crippen molar-refractivity contribution in [2.24, 2.45) is 0 Å². The van der Waals surface area contributed by atoms with E-state index in [4.69, 9.17) is 14.6 Å². The van der Waals surface area contributed by atoms with Crippen LogP contribution in [0.3, 0.4) is 0 Å². The van der Waals surface area contributed by atoms with Crippen LogP contribution < -0.4 is 14.8 Å². The number of carbonyl (C=O) groups is 2. The summed E-state index contributed by atoms with van der Waals surface area (Å²) in [6, 6.07) is 9.84. The van der Waals surface area contributed by atoms with Crippen molar-refractivity contribution in [2.45, 2.75) is 18.9 Å². The number of aliphatic carboxylic acids is 1. The Morgan fingerprint density at radius 3 is 2.52 bits per heavy atom. The van der Waals surface area contributed by atoms with Gasteiger partial charge in [0.1, 0.15) is 0 Å². The molecule has 0 aliphatic carbocycles. The molecule has 0 bridgehead atoms. The first-order chi connectivity index (χ1) is 12.9. The van der Waals surface area contributed by atoms with E-state index in [0.717, 1.165) is 0 Å². The Morgan fingerprint density at radius 1 is 1.15 bits per heavy atom. The van der Waals surface area contributed by atoms with Crippen molar-refractivity contribution < 1.29 is 29.1 Å². The number of ether oxygens (including phenoxy) is 2. The van der Waals surface area contributed by atoms with Crippen LogP contribution in [0.2, 0.25) is 0 Å². The average Bonchev–Trinajstić information content (AvgIpc) is 3.09. The quantitative estimate of drug-likeness (QED) is 0.563. The molecule has 0 aromatic heterocycles. The van der Waals surface area contributed by atoms with E-state index in [0.29, 0.717) is 22.6 Å². The molecule has 1 aliphatic heterocycles. The zero-order valence-corrected chi connectivity index (χ0v) is 14.1. The summed E-state index contributed by atoms with van der Waals surface area (Å²) in [6.45, 7) is 0.0921. The normalized spacial score (nSPS) is 13.0. The number of nitro groups is 1. The summed E-state index contributed by atoms with van der Waals surface area (Å²) >= 11 is 0. The molecule has 0 spiro atoms. The number of amides is 1. The third kappa shape index (κ3) is 4.51. The maximum absolute atomic E-state index is 12.3. The molecule has 2 N–H and O–H groups in total. The molecule has 140 valence electrons. The fourth-order valence-electron chi connectivity index (χ4n) is 2.72. The first-order valence-electron chi connectivity index (χ1n) is 8.06. The van der Waals surface area contributed by atoms with E-state index in [2.05, 4.69) is 5.32 Å². The van der Waals surface area contributed by atoms with Crippen LogP contribution in [0, 0.1) is 10.1 Å². The third-order valence-electron chi connectivity index (χ3n) is 4.02. The first kappa shape index (κ1) is 18.2. The van der Waals surface area contributed by atoms with Gasteiger partial charge in [-0.2, -0.15) is 0 Å². The van der Waals surface area contributed by atoms with E-state index in [9.17, 15) is 19.7 Å². The van der Waals surface area contributed by atoms with Gasteiger partial charge >= 0.3 is 5.97 Å². The number of nitrogens with zero attached hydrogens (tertiary/aromatic N) is 1. The SMILES string of the molecule is O=C(O)C[C@@H](NC(=O)Cc1ccc([N+](=O)[O-])cc1)c1ccc2c(c1)OCO2. The topological polar surface area (TPSA) is 128 Å². The summed E-state index contributed by atoms with van der Waals surface area (Å²) in [7, 11) is 0. The maximum atomic E-state index is 12.3. The number of benzene rings is 2. The maximum Gasteiger partial charge on any atom is 0.305 e. The molecule has 9 heteroatoms. The second-order valence-corrected chi connectivity index (χ2v) is 5.93. The van der Waals surface area contributed by atoms with Crippen LogP contribution in [0.15, 0.2) is 42.5 Å². The molecule has 0 unspecified atom stereocenters. The number of carbonyl (C=O) groups excluding carboxylic acids is 1. The predicted molar refractivity (Wildman–Crippen MR) is 92.5 cm³/mol. The van der Waals surface area contributed by atoms with Crippen LogP contribution in [0.5, 0.6) is 11.5 Å². The highest BCUT2D eigenvalue weighted by atomic mass is 16.7. The van der Waals surface area contributed by atoms with Crippen molar-refractivity contribution in [2.75, 3.05) is 6.79 Å². The lowest BCUT2D eigenvalue weighted by molar-refractivity contribution is -0.384. The van der Waals surface area contributed by atoms with Gasteiger partial charge < -0.3 is 19.9 Å². The zero-order valence-electron chi connectivity index (χ0n) is 14.1. The zero-order chi connectivity index (χ0) is 19.4. The van der Waals surface area contributed by atoms with Crippen molar-refractivity contribution in [3.63, 3.8) is 0 Å². The van der Waals surface area contributed by atoms with Crippen LogP contribution >= 0.6 is 0 Å². The Labute approximate surface area is 153 Å². The molecule has 1 amide bonds. The molecule has 0 saturated heterocycles. The Hall–Kier alpha value is -3.62. The van der Waals surface area contributed by atoms with Gasteiger partial charge in [0.05, 0.1) is 23.8 Å². The molecule has 1 atom stereocenters. The number of nitrogens with one attached hydrogen (secondary N) is 1. The fraction of sp³-hybridized carbons (Fsp3) is 0.222. The first-order valence-corrected chi connectivity index (χ1v) is 8.06. The van der Waals surface area contributed by atoms with Crippen molar-refractivity contribution in [3.8, 4) is 11.5 Å². The predicted octanol–water partition coefficient (Wildman–Crippen LogP) is 2.20. The molecule has 2 aromatic rings. The van der Waals surface area contributed by atoms with Gasteiger partial charge in [0, 0.05) is 12.1 Å². The fourth-order valence-corrected chi connectivity index (χ4v) is 2.72. The summed E-state index contributed by atoms with van der Waals surface area (Å²) in [4.78, 5) is 33.7. The molecule has 2 aromatic carbocycles. The molecule has 0 saturated carbocycles. The summed E-state index contributed by atoms with van der Waals surface area (Å²) < 4.78 is 10.5. The summed E-state index contributed by atoms with van der Waals surface area (Å²) in [5.74, 6) is -0.404. The van der Waals surface area contributed by atoms with Crippen molar-refractivity contribution in [3.05, 3.63) is 63.7 Å². The van der Waals surface area contributed by atoms with Gasteiger partial charge in [-0.15, -0.1) is 0 Å². The highest BCUT2D eigenvalue weighted by Gasteiger charge is 2.22. The van der Waals surface area contributed by atoms with Gasteiger partial charge in [-0.1, -0.05) is 18.2 Å². The molecule has 1 heterocycles. The standard InChI is InChI=1S/C18H16N2O7/c21-17(7-11-1-4-13(5-2-11)20(24)25)19-14(9-18(22)23)12-3-6-15-16(8-12)27-10-26-15/h1-6,8,14H,7,9-10H2,(H,19,21)(H,22,23)/t14-/m1/s1. The summed E-state index contributed by atoms with van der Waals surface area (Å²) in [5, 5.41) is 22.5. The van der Waals surface area contributed by atoms with Crippen LogP contribution in [-0.4, -0.2) is 28.7 Å². The average molecular weight is 372 g/mol. The number of carboxylic acid groups (broad SMARTS) is 1. The van der Waals surface area contributed by atoms with E-state index in [1.54, 1.807) is 18.2 Å². The molecular weight excluding hydrogens is 356 g/mol. The number of hydrogen-bond acceptors (Lipinski definition) is 6. The lowest BCUT2D eigenvalue weighted by atomic mass is 10.0. The molecule has 0 radical (unpaired) electrons. The molecule has 1 aliphatic rings. The number of fused-ring (bicyclic) bond motifs is 1. The van der Waals surface area contributed by atoms with Gasteiger partial charge in [-0.05, 0) is 23.3 Å². The minimum atomic E-state index is -1.06. The van der Waals surface area contributed by atoms with E-state index in [1.165, 1.54) is 24.3 Å². The Morgan fingerprint density at radius 2 is 1.85 bits per heavy atom. The molecular formula is C18H16N2O7. The lowest BCUT2D eigenvalue weighted by Gasteiger charge is -2.18. The molecule has 3 rings (SSSR count). The van der Waals surface area contributed by atoms with Gasteiger partial charge in [0.2, 0.25) is 12.7 Å². The second-order valence-electron chi connectivity index (χ2n) is 5.93. The number of hydrogen-bond donors (Lipinski definition) is 2. The van der Waals surface area contributed by atoms with Crippen LogP contribution in [0.25, 0.3) is 0 Å². The molecule has 9 nitrogen and oxygen atoms in total. The van der Waals surface area contributed by atoms with E-state index >= 15 is 0 Å². The Bertz CT molecular complexity index is 880. The lowest BCUT2D eigenvalue weighted by Crippen LogP contribution is -2.31. The minimum Gasteiger partial charge on any atom is -0.481 e. The van der Waals surface area contributed by atoms with E-state index < -0.39 is 22.8 Å².